The standard InChI is InChI=1S/C21H22ClIN4O2S/c1-2-19(28)27-11-9-26(10-12-27)18-8-7-16(13-17(18)22)24-21(30)25-20(29)14-3-5-15(23)6-4-14/h3-8,13H,2,9-12H2,1H3,(H2,24,25,29,30). The SMILES string of the molecule is CCC(=O)N1CCN(c2ccc(NC(=S)NC(=O)c3ccc(I)cc3)cc2Cl)CC1. The molecule has 9 heteroatoms. The third kappa shape index (κ3) is 5.83. The number of benzene rings is 2. The van der Waals surface area contributed by atoms with Crippen molar-refractivity contribution in [1.29, 1.82) is 0 Å². The van der Waals surface area contributed by atoms with Gasteiger partial charge < -0.3 is 15.1 Å². The third-order valence-electron chi connectivity index (χ3n) is 4.81. The Balaban J connectivity index is 1.57. The van der Waals surface area contributed by atoms with E-state index in [0.717, 1.165) is 22.3 Å². The van der Waals surface area contributed by atoms with Gasteiger partial charge in [-0.1, -0.05) is 18.5 Å². The second-order valence-corrected chi connectivity index (χ2v) is 8.86. The first-order valence-corrected chi connectivity index (χ1v) is 11.4. The van der Waals surface area contributed by atoms with E-state index in [0.29, 0.717) is 35.8 Å². The lowest BCUT2D eigenvalue weighted by molar-refractivity contribution is -0.131. The molecular weight excluding hydrogens is 535 g/mol. The lowest BCUT2D eigenvalue weighted by atomic mass is 10.2. The Morgan fingerprint density at radius 3 is 2.37 bits per heavy atom. The zero-order chi connectivity index (χ0) is 21.7. The number of carbonyl (C=O) groups excluding carboxylic acids is 2. The molecule has 2 amide bonds. The fourth-order valence-electron chi connectivity index (χ4n) is 3.20. The molecule has 3 rings (SSSR count). The first kappa shape index (κ1) is 22.8. The highest BCUT2D eigenvalue weighted by atomic mass is 127. The Kier molecular flexibility index (Phi) is 7.90. The van der Waals surface area contributed by atoms with Crippen LogP contribution in [-0.2, 0) is 4.79 Å². The molecule has 158 valence electrons. The fraction of sp³-hybridized carbons (Fsp3) is 0.286. The maximum Gasteiger partial charge on any atom is 0.257 e. The third-order valence-corrected chi connectivity index (χ3v) is 6.04. The van der Waals surface area contributed by atoms with Crippen LogP contribution in [0.2, 0.25) is 5.02 Å². The van der Waals surface area contributed by atoms with Gasteiger partial charge in [-0.15, -0.1) is 0 Å². The maximum absolute atomic E-state index is 12.3. The summed E-state index contributed by atoms with van der Waals surface area (Å²) in [5, 5.41) is 6.46. The quantitative estimate of drug-likeness (QED) is 0.438. The van der Waals surface area contributed by atoms with Crippen molar-refractivity contribution in [2.45, 2.75) is 13.3 Å². The summed E-state index contributed by atoms with van der Waals surface area (Å²) in [6.07, 6.45) is 0.529. The minimum absolute atomic E-state index is 0.182. The normalized spacial score (nSPS) is 13.7. The number of hydrogen-bond acceptors (Lipinski definition) is 4. The molecule has 0 spiro atoms. The van der Waals surface area contributed by atoms with Gasteiger partial charge in [-0.05, 0) is 77.3 Å². The highest BCUT2D eigenvalue weighted by Crippen LogP contribution is 2.29. The largest absolute Gasteiger partial charge is 0.367 e. The average molecular weight is 557 g/mol. The lowest BCUT2D eigenvalue weighted by Crippen LogP contribution is -2.48. The summed E-state index contributed by atoms with van der Waals surface area (Å²) in [6, 6.07) is 12.8. The molecule has 0 unspecified atom stereocenters. The van der Waals surface area contributed by atoms with E-state index in [1.54, 1.807) is 18.2 Å². The Labute approximate surface area is 200 Å². The number of anilines is 2. The zero-order valence-corrected chi connectivity index (χ0v) is 20.2. The summed E-state index contributed by atoms with van der Waals surface area (Å²) >= 11 is 13.9. The van der Waals surface area contributed by atoms with Crippen LogP contribution in [0.1, 0.15) is 23.7 Å². The number of hydrogen-bond donors (Lipinski definition) is 2. The van der Waals surface area contributed by atoms with E-state index in [-0.39, 0.29) is 16.9 Å². The minimum atomic E-state index is -0.272. The van der Waals surface area contributed by atoms with Gasteiger partial charge in [-0.2, -0.15) is 0 Å². The number of piperazine rings is 1. The van der Waals surface area contributed by atoms with Gasteiger partial charge in [0.2, 0.25) is 5.91 Å². The molecule has 0 aliphatic carbocycles. The van der Waals surface area contributed by atoms with Gasteiger partial charge in [0.25, 0.3) is 5.91 Å². The Hall–Kier alpha value is -1.91. The number of carbonyl (C=O) groups is 2. The number of nitrogens with zero attached hydrogens (tertiary/aromatic N) is 2. The summed E-state index contributed by atoms with van der Waals surface area (Å²) in [6.45, 7) is 4.74. The van der Waals surface area contributed by atoms with E-state index >= 15 is 0 Å². The molecule has 2 aromatic rings. The molecule has 1 aliphatic heterocycles. The number of thiocarbonyl (C=S) groups is 1. The van der Waals surface area contributed by atoms with E-state index in [4.69, 9.17) is 23.8 Å². The summed E-state index contributed by atoms with van der Waals surface area (Å²) in [4.78, 5) is 28.2. The molecular formula is C21H22ClIN4O2S. The second-order valence-electron chi connectivity index (χ2n) is 6.80. The molecule has 0 saturated carbocycles. The minimum Gasteiger partial charge on any atom is -0.367 e. The molecule has 2 N–H and O–H groups in total. The summed E-state index contributed by atoms with van der Waals surface area (Å²) < 4.78 is 1.05. The van der Waals surface area contributed by atoms with Crippen LogP contribution in [0, 0.1) is 3.57 Å². The molecule has 1 heterocycles. The van der Waals surface area contributed by atoms with Crippen LogP contribution in [-0.4, -0.2) is 48.0 Å². The van der Waals surface area contributed by atoms with Crippen LogP contribution in [0.25, 0.3) is 0 Å². The van der Waals surface area contributed by atoms with Crippen LogP contribution < -0.4 is 15.5 Å². The highest BCUT2D eigenvalue weighted by molar-refractivity contribution is 14.1. The summed E-state index contributed by atoms with van der Waals surface area (Å²) in [5.41, 5.74) is 2.14. The van der Waals surface area contributed by atoms with Crippen LogP contribution in [0.4, 0.5) is 11.4 Å². The van der Waals surface area contributed by atoms with Crippen molar-refractivity contribution in [1.82, 2.24) is 10.2 Å². The van der Waals surface area contributed by atoms with Crippen molar-refractivity contribution >= 4 is 74.7 Å². The van der Waals surface area contributed by atoms with Crippen LogP contribution >= 0.6 is 46.4 Å². The zero-order valence-electron chi connectivity index (χ0n) is 16.5. The molecule has 30 heavy (non-hydrogen) atoms. The van der Waals surface area contributed by atoms with Gasteiger partial charge in [0.1, 0.15) is 0 Å². The van der Waals surface area contributed by atoms with Gasteiger partial charge in [-0.3, -0.25) is 14.9 Å². The van der Waals surface area contributed by atoms with Gasteiger partial charge in [-0.25, -0.2) is 0 Å². The van der Waals surface area contributed by atoms with Crippen molar-refractivity contribution < 1.29 is 9.59 Å². The van der Waals surface area contributed by atoms with Crippen molar-refractivity contribution in [2.24, 2.45) is 0 Å². The van der Waals surface area contributed by atoms with Gasteiger partial charge >= 0.3 is 0 Å². The predicted molar refractivity (Wildman–Crippen MR) is 133 cm³/mol. The smallest absolute Gasteiger partial charge is 0.257 e. The molecule has 6 nitrogen and oxygen atoms in total. The first-order valence-electron chi connectivity index (χ1n) is 9.57. The van der Waals surface area contributed by atoms with E-state index in [9.17, 15) is 9.59 Å². The molecule has 1 saturated heterocycles. The molecule has 0 bridgehead atoms. The number of rotatable bonds is 4. The Bertz CT molecular complexity index is 947. The van der Waals surface area contributed by atoms with E-state index in [2.05, 4.69) is 38.1 Å². The molecule has 1 aliphatic rings. The molecule has 2 aromatic carbocycles. The number of nitrogens with one attached hydrogen (secondary N) is 2. The van der Waals surface area contributed by atoms with Crippen molar-refractivity contribution in [3.05, 3.63) is 56.6 Å². The molecule has 0 aromatic heterocycles. The van der Waals surface area contributed by atoms with Crippen molar-refractivity contribution in [2.75, 3.05) is 36.4 Å². The summed E-state index contributed by atoms with van der Waals surface area (Å²) in [7, 11) is 0. The Morgan fingerprint density at radius 2 is 1.77 bits per heavy atom. The van der Waals surface area contributed by atoms with Crippen LogP contribution in [0.5, 0.6) is 0 Å². The average Bonchev–Trinajstić information content (AvgIpc) is 2.74. The Morgan fingerprint density at radius 1 is 1.10 bits per heavy atom. The molecule has 0 radical (unpaired) electrons. The topological polar surface area (TPSA) is 64.7 Å². The summed E-state index contributed by atoms with van der Waals surface area (Å²) in [5.74, 6) is -0.0905. The van der Waals surface area contributed by atoms with Gasteiger partial charge in [0.05, 0.1) is 10.7 Å². The van der Waals surface area contributed by atoms with E-state index < -0.39 is 0 Å². The van der Waals surface area contributed by atoms with Crippen LogP contribution in [0.3, 0.4) is 0 Å². The van der Waals surface area contributed by atoms with Gasteiger partial charge in [0.15, 0.2) is 5.11 Å². The van der Waals surface area contributed by atoms with Crippen LogP contribution in [0.15, 0.2) is 42.5 Å². The second kappa shape index (κ2) is 10.4. The first-order chi connectivity index (χ1) is 14.4. The van der Waals surface area contributed by atoms with Gasteiger partial charge in [0, 0.05) is 47.4 Å². The van der Waals surface area contributed by atoms with Crippen molar-refractivity contribution in [3.8, 4) is 0 Å². The van der Waals surface area contributed by atoms with E-state index in [1.807, 2.05) is 36.1 Å². The number of amides is 2. The molecule has 1 fully saturated rings. The fourth-order valence-corrected chi connectivity index (χ4v) is 4.07. The van der Waals surface area contributed by atoms with E-state index in [1.165, 1.54) is 0 Å². The lowest BCUT2D eigenvalue weighted by Gasteiger charge is -2.36. The van der Waals surface area contributed by atoms with Crippen molar-refractivity contribution in [3.63, 3.8) is 0 Å². The molecule has 0 atom stereocenters. The maximum atomic E-state index is 12.3. The number of halogens is 2. The predicted octanol–water partition coefficient (Wildman–Crippen LogP) is 4.13. The highest BCUT2D eigenvalue weighted by Gasteiger charge is 2.21. The monoisotopic (exact) mass is 556 g/mol.